The maximum atomic E-state index is 12.0. The summed E-state index contributed by atoms with van der Waals surface area (Å²) >= 11 is 5.73. The number of amides is 1. The highest BCUT2D eigenvalue weighted by Crippen LogP contribution is 2.35. The number of aromatic nitrogens is 1. The number of methoxy groups -OCH3 is 1. The lowest BCUT2D eigenvalue weighted by atomic mass is 10.0. The first-order valence-electron chi connectivity index (χ1n) is 8.60. The van der Waals surface area contributed by atoms with E-state index in [0.717, 1.165) is 35.2 Å². The van der Waals surface area contributed by atoms with E-state index in [1.54, 1.807) is 12.0 Å². The van der Waals surface area contributed by atoms with Crippen molar-refractivity contribution in [2.75, 3.05) is 19.5 Å². The number of hydrogen-bond acceptors (Lipinski definition) is 4. The zero-order valence-corrected chi connectivity index (χ0v) is 15.2. The van der Waals surface area contributed by atoms with Crippen molar-refractivity contribution in [1.82, 2.24) is 9.88 Å². The number of carbonyl (C=O) groups is 1. The van der Waals surface area contributed by atoms with Gasteiger partial charge in [-0.1, -0.05) is 24.3 Å². The molecule has 0 aliphatic carbocycles. The van der Waals surface area contributed by atoms with Gasteiger partial charge in [0.05, 0.1) is 7.11 Å². The van der Waals surface area contributed by atoms with Crippen LogP contribution >= 0.6 is 11.6 Å². The molecule has 2 aromatic carbocycles. The van der Waals surface area contributed by atoms with Crippen molar-refractivity contribution in [3.8, 4) is 16.9 Å². The molecule has 0 saturated carbocycles. The van der Waals surface area contributed by atoms with Crippen LogP contribution in [0.4, 0.5) is 0 Å². The Kier molecular flexibility index (Phi) is 4.55. The highest BCUT2D eigenvalue weighted by molar-refractivity contribution is 6.27. The van der Waals surface area contributed by atoms with Crippen LogP contribution in [0.25, 0.3) is 22.2 Å². The smallest absolute Gasteiger partial charge is 0.238 e. The molecule has 134 valence electrons. The van der Waals surface area contributed by atoms with E-state index < -0.39 is 0 Å². The topological polar surface area (TPSA) is 55.6 Å². The molecule has 1 atom stereocenters. The number of fused-ring (bicyclic) bond motifs is 1. The van der Waals surface area contributed by atoms with Gasteiger partial charge >= 0.3 is 0 Å². The maximum absolute atomic E-state index is 12.0. The number of benzene rings is 2. The summed E-state index contributed by atoms with van der Waals surface area (Å²) in [4.78, 5) is 18.5. The van der Waals surface area contributed by atoms with Gasteiger partial charge in [-0.25, -0.2) is 4.98 Å². The summed E-state index contributed by atoms with van der Waals surface area (Å²) in [6, 6.07) is 13.6. The Bertz CT molecular complexity index is 953. The Morgan fingerprint density at radius 2 is 2.19 bits per heavy atom. The van der Waals surface area contributed by atoms with Gasteiger partial charge < -0.3 is 14.1 Å². The minimum atomic E-state index is -0.136. The Labute approximate surface area is 156 Å². The largest absolute Gasteiger partial charge is 0.496 e. The van der Waals surface area contributed by atoms with Crippen LogP contribution in [0.15, 0.2) is 46.9 Å². The number of oxazole rings is 1. The summed E-state index contributed by atoms with van der Waals surface area (Å²) < 4.78 is 11.4. The van der Waals surface area contributed by atoms with E-state index in [9.17, 15) is 4.79 Å². The van der Waals surface area contributed by atoms with Crippen LogP contribution in [0.1, 0.15) is 24.8 Å². The molecular weight excluding hydrogens is 352 g/mol. The fraction of sp³-hybridized carbons (Fsp3) is 0.300. The van der Waals surface area contributed by atoms with Crippen LogP contribution in [0, 0.1) is 0 Å². The minimum Gasteiger partial charge on any atom is -0.496 e. The summed E-state index contributed by atoms with van der Waals surface area (Å²) in [7, 11) is 1.66. The molecule has 6 heteroatoms. The standard InChI is InChI=1S/C20H19ClN2O3/c1-25-17-7-3-2-5-14(17)13-8-9-18-15(11-13)22-20(26-18)16-6-4-10-23(16)19(24)12-21/h2-3,5,7-9,11,16H,4,6,10,12H2,1H3. The molecule has 26 heavy (non-hydrogen) atoms. The Balaban J connectivity index is 1.71. The predicted molar refractivity (Wildman–Crippen MR) is 100 cm³/mol. The molecule has 1 aromatic heterocycles. The highest BCUT2D eigenvalue weighted by Gasteiger charge is 2.33. The van der Waals surface area contributed by atoms with Crippen molar-refractivity contribution in [3.63, 3.8) is 0 Å². The molecule has 0 N–H and O–H groups in total. The second-order valence-corrected chi connectivity index (χ2v) is 6.58. The van der Waals surface area contributed by atoms with Gasteiger partial charge in [0.15, 0.2) is 5.58 Å². The average molecular weight is 371 g/mol. The van der Waals surface area contributed by atoms with Gasteiger partial charge in [0, 0.05) is 12.1 Å². The summed E-state index contributed by atoms with van der Waals surface area (Å²) in [5.74, 6) is 1.29. The highest BCUT2D eigenvalue weighted by atomic mass is 35.5. The second kappa shape index (κ2) is 7.00. The van der Waals surface area contributed by atoms with Crippen molar-refractivity contribution < 1.29 is 13.9 Å². The first kappa shape index (κ1) is 16.9. The molecule has 0 bridgehead atoms. The molecule has 2 heterocycles. The zero-order valence-electron chi connectivity index (χ0n) is 14.4. The molecule has 0 radical (unpaired) electrons. The monoisotopic (exact) mass is 370 g/mol. The second-order valence-electron chi connectivity index (χ2n) is 6.31. The number of ether oxygens (including phenoxy) is 1. The number of rotatable bonds is 4. The quantitative estimate of drug-likeness (QED) is 0.638. The lowest BCUT2D eigenvalue weighted by molar-refractivity contribution is -0.129. The number of alkyl halides is 1. The number of hydrogen-bond donors (Lipinski definition) is 0. The van der Waals surface area contributed by atoms with Gasteiger partial charge in [-0.2, -0.15) is 0 Å². The molecule has 4 rings (SSSR count). The van der Waals surface area contributed by atoms with Crippen LogP contribution in [-0.4, -0.2) is 35.3 Å². The number of halogens is 1. The minimum absolute atomic E-state index is 0.0192. The lowest BCUT2D eigenvalue weighted by Crippen LogP contribution is -2.31. The summed E-state index contributed by atoms with van der Waals surface area (Å²) in [5.41, 5.74) is 3.49. The van der Waals surface area contributed by atoms with E-state index in [1.807, 2.05) is 42.5 Å². The van der Waals surface area contributed by atoms with Crippen molar-refractivity contribution in [3.05, 3.63) is 48.4 Å². The fourth-order valence-electron chi connectivity index (χ4n) is 3.54. The normalized spacial score (nSPS) is 17.0. The molecular formula is C20H19ClN2O3. The van der Waals surface area contributed by atoms with Crippen molar-refractivity contribution >= 4 is 28.6 Å². The van der Waals surface area contributed by atoms with E-state index in [4.69, 9.17) is 20.8 Å². The van der Waals surface area contributed by atoms with Crippen LogP contribution in [0.2, 0.25) is 0 Å². The Morgan fingerprint density at radius 1 is 1.35 bits per heavy atom. The number of carbonyl (C=O) groups excluding carboxylic acids is 1. The predicted octanol–water partition coefficient (Wildman–Crippen LogP) is 4.41. The summed E-state index contributed by atoms with van der Waals surface area (Å²) in [6.07, 6.45) is 1.77. The van der Waals surface area contributed by atoms with Crippen molar-refractivity contribution in [1.29, 1.82) is 0 Å². The van der Waals surface area contributed by atoms with Crippen molar-refractivity contribution in [2.24, 2.45) is 0 Å². The molecule has 1 fully saturated rings. The Morgan fingerprint density at radius 3 is 3.00 bits per heavy atom. The molecule has 1 unspecified atom stereocenters. The van der Waals surface area contributed by atoms with Gasteiger partial charge in [-0.05, 0) is 36.6 Å². The third kappa shape index (κ3) is 2.92. The van der Waals surface area contributed by atoms with E-state index >= 15 is 0 Å². The molecule has 1 aliphatic heterocycles. The van der Waals surface area contributed by atoms with Gasteiger partial charge in [-0.3, -0.25) is 4.79 Å². The van der Waals surface area contributed by atoms with E-state index in [2.05, 4.69) is 4.98 Å². The lowest BCUT2D eigenvalue weighted by Gasteiger charge is -2.20. The molecule has 1 aliphatic rings. The zero-order chi connectivity index (χ0) is 18.1. The third-order valence-electron chi connectivity index (χ3n) is 4.79. The Hall–Kier alpha value is -2.53. The van der Waals surface area contributed by atoms with E-state index in [0.29, 0.717) is 18.0 Å². The molecule has 0 spiro atoms. The van der Waals surface area contributed by atoms with Gasteiger partial charge in [0.25, 0.3) is 0 Å². The first-order valence-corrected chi connectivity index (χ1v) is 9.14. The van der Waals surface area contributed by atoms with Gasteiger partial charge in [-0.15, -0.1) is 11.6 Å². The SMILES string of the molecule is COc1ccccc1-c1ccc2oc(C3CCCN3C(=O)CCl)nc2c1. The number of likely N-dealkylation sites (tertiary alicyclic amines) is 1. The van der Waals surface area contributed by atoms with Crippen LogP contribution in [0.5, 0.6) is 5.75 Å². The summed E-state index contributed by atoms with van der Waals surface area (Å²) in [5, 5.41) is 0. The fourth-order valence-corrected chi connectivity index (χ4v) is 3.69. The molecule has 5 nitrogen and oxygen atoms in total. The number of nitrogens with zero attached hydrogens (tertiary/aromatic N) is 2. The van der Waals surface area contributed by atoms with Gasteiger partial charge in [0.1, 0.15) is 23.2 Å². The van der Waals surface area contributed by atoms with E-state index in [1.165, 1.54) is 0 Å². The van der Waals surface area contributed by atoms with Crippen LogP contribution < -0.4 is 4.74 Å². The van der Waals surface area contributed by atoms with E-state index in [-0.39, 0.29) is 17.8 Å². The third-order valence-corrected chi connectivity index (χ3v) is 5.02. The first-order chi connectivity index (χ1) is 12.7. The number of para-hydroxylation sites is 1. The van der Waals surface area contributed by atoms with Crippen LogP contribution in [0.3, 0.4) is 0 Å². The van der Waals surface area contributed by atoms with Gasteiger partial charge in [0.2, 0.25) is 11.8 Å². The van der Waals surface area contributed by atoms with Crippen LogP contribution in [-0.2, 0) is 4.79 Å². The molecule has 1 amide bonds. The molecule has 3 aromatic rings. The molecule has 1 saturated heterocycles. The summed E-state index contributed by atoms with van der Waals surface area (Å²) in [6.45, 7) is 0.696. The maximum Gasteiger partial charge on any atom is 0.238 e. The average Bonchev–Trinajstić information content (AvgIpc) is 3.33. The van der Waals surface area contributed by atoms with Crippen molar-refractivity contribution in [2.45, 2.75) is 18.9 Å².